The van der Waals surface area contributed by atoms with Gasteiger partial charge in [-0.2, -0.15) is 0 Å². The van der Waals surface area contributed by atoms with Gasteiger partial charge in [0.2, 0.25) is 0 Å². The summed E-state index contributed by atoms with van der Waals surface area (Å²) in [5, 5.41) is 4.49. The molecule has 0 saturated heterocycles. The molecule has 0 aliphatic heterocycles. The molecule has 0 spiro atoms. The summed E-state index contributed by atoms with van der Waals surface area (Å²) in [6, 6.07) is 10.4. The number of fused-ring (bicyclic) bond motifs is 1. The summed E-state index contributed by atoms with van der Waals surface area (Å²) in [5.74, 6) is 0.115. The zero-order valence-electron chi connectivity index (χ0n) is 10.9. The molecule has 0 radical (unpaired) electrons. The van der Waals surface area contributed by atoms with Crippen LogP contribution in [0.3, 0.4) is 0 Å². The summed E-state index contributed by atoms with van der Waals surface area (Å²) in [6.07, 6.45) is 3.13. The smallest absolute Gasteiger partial charge is 0.276 e. The second-order valence-corrected chi connectivity index (χ2v) is 4.79. The average Bonchev–Trinajstić information content (AvgIpc) is 2.51. The molecule has 3 rings (SSSR count). The first-order valence-electron chi connectivity index (χ1n) is 6.22. The Balaban J connectivity index is 2.05. The Morgan fingerprint density at radius 3 is 2.67 bits per heavy atom. The number of pyridine rings is 2. The Morgan fingerprint density at radius 1 is 1.05 bits per heavy atom. The molecular formula is C15H11ClN4O. The molecule has 0 fully saturated rings. The van der Waals surface area contributed by atoms with Gasteiger partial charge < -0.3 is 11.1 Å². The predicted molar refractivity (Wildman–Crippen MR) is 83.4 cm³/mol. The fourth-order valence-corrected chi connectivity index (χ4v) is 2.21. The number of carbonyl (C=O) groups is 1. The maximum Gasteiger partial charge on any atom is 0.276 e. The Bertz CT molecular complexity index is 821. The van der Waals surface area contributed by atoms with Crippen LogP contribution in [0.4, 0.5) is 11.5 Å². The van der Waals surface area contributed by atoms with Gasteiger partial charge in [0.05, 0.1) is 10.7 Å². The molecule has 21 heavy (non-hydrogen) atoms. The van der Waals surface area contributed by atoms with Crippen molar-refractivity contribution in [2.45, 2.75) is 0 Å². The number of rotatable bonds is 2. The van der Waals surface area contributed by atoms with Gasteiger partial charge in [0.1, 0.15) is 11.5 Å². The average molecular weight is 299 g/mol. The molecule has 104 valence electrons. The summed E-state index contributed by atoms with van der Waals surface area (Å²) in [7, 11) is 0. The molecule has 3 N–H and O–H groups in total. The molecule has 1 aromatic carbocycles. The van der Waals surface area contributed by atoms with Gasteiger partial charge in [0.25, 0.3) is 5.91 Å². The lowest BCUT2D eigenvalue weighted by Crippen LogP contribution is -2.15. The Labute approximate surface area is 125 Å². The van der Waals surface area contributed by atoms with Crippen molar-refractivity contribution in [1.82, 2.24) is 9.97 Å². The fourth-order valence-electron chi connectivity index (χ4n) is 2.04. The van der Waals surface area contributed by atoms with E-state index in [0.717, 1.165) is 0 Å². The zero-order valence-corrected chi connectivity index (χ0v) is 11.6. The Morgan fingerprint density at radius 2 is 1.90 bits per heavy atom. The van der Waals surface area contributed by atoms with Gasteiger partial charge in [-0.05, 0) is 24.3 Å². The molecule has 0 atom stereocenters. The molecule has 2 heterocycles. The van der Waals surface area contributed by atoms with Crippen molar-refractivity contribution in [2.24, 2.45) is 0 Å². The van der Waals surface area contributed by atoms with Crippen LogP contribution in [0.15, 0.2) is 48.8 Å². The van der Waals surface area contributed by atoms with E-state index in [1.165, 1.54) is 6.20 Å². The Hall–Kier alpha value is -2.66. The zero-order chi connectivity index (χ0) is 14.8. The highest BCUT2D eigenvalue weighted by Gasteiger charge is 2.14. The third-order valence-electron chi connectivity index (χ3n) is 3.06. The molecule has 2 aromatic heterocycles. The summed E-state index contributed by atoms with van der Waals surface area (Å²) in [6.45, 7) is 0. The maximum atomic E-state index is 12.3. The summed E-state index contributed by atoms with van der Waals surface area (Å²) in [4.78, 5) is 20.5. The lowest BCUT2D eigenvalue weighted by molar-refractivity contribution is 0.102. The number of halogens is 1. The number of amides is 1. The second-order valence-electron chi connectivity index (χ2n) is 4.38. The number of nitrogens with two attached hydrogens (primary N) is 1. The van der Waals surface area contributed by atoms with E-state index in [1.807, 2.05) is 0 Å². The molecule has 0 aliphatic carbocycles. The van der Waals surface area contributed by atoms with E-state index in [1.54, 1.807) is 42.6 Å². The fraction of sp³-hybridized carbons (Fsp3) is 0. The van der Waals surface area contributed by atoms with E-state index in [-0.39, 0.29) is 11.6 Å². The minimum Gasteiger partial charge on any atom is -0.397 e. The lowest BCUT2D eigenvalue weighted by atomic mass is 10.1. The van der Waals surface area contributed by atoms with Crippen molar-refractivity contribution in [3.05, 3.63) is 59.5 Å². The highest BCUT2D eigenvalue weighted by atomic mass is 35.5. The van der Waals surface area contributed by atoms with E-state index >= 15 is 0 Å². The normalized spacial score (nSPS) is 10.5. The number of nitrogen functional groups attached to an aromatic ring is 1. The van der Waals surface area contributed by atoms with E-state index in [4.69, 9.17) is 17.3 Å². The van der Waals surface area contributed by atoms with Gasteiger partial charge in [0, 0.05) is 23.2 Å². The highest BCUT2D eigenvalue weighted by Crippen LogP contribution is 2.29. The molecule has 1 amide bonds. The third kappa shape index (κ3) is 2.51. The van der Waals surface area contributed by atoms with Crippen molar-refractivity contribution < 1.29 is 4.79 Å². The number of aromatic nitrogens is 2. The first-order chi connectivity index (χ1) is 10.2. The van der Waals surface area contributed by atoms with Crippen LogP contribution in [0.1, 0.15) is 10.5 Å². The summed E-state index contributed by atoms with van der Waals surface area (Å²) >= 11 is 5.99. The van der Waals surface area contributed by atoms with Gasteiger partial charge in [0.15, 0.2) is 0 Å². The van der Waals surface area contributed by atoms with Crippen molar-refractivity contribution in [2.75, 3.05) is 11.1 Å². The van der Waals surface area contributed by atoms with E-state index < -0.39 is 0 Å². The molecule has 0 aliphatic rings. The minimum absolute atomic E-state index is 0.279. The number of nitrogens with zero attached hydrogens (tertiary/aromatic N) is 2. The van der Waals surface area contributed by atoms with Gasteiger partial charge in [-0.3, -0.25) is 9.78 Å². The van der Waals surface area contributed by atoms with Gasteiger partial charge in [-0.15, -0.1) is 0 Å². The standard InChI is InChI=1S/C15H11ClN4O/c16-11-5-4-10-9(13(11)17)6-8-19-14(10)15(21)20-12-3-1-2-7-18-12/h1-8H,17H2,(H,18,20,21). The van der Waals surface area contributed by atoms with Crippen LogP contribution in [0.25, 0.3) is 10.8 Å². The predicted octanol–water partition coefficient (Wildman–Crippen LogP) is 3.12. The van der Waals surface area contributed by atoms with Crippen molar-refractivity contribution in [3.8, 4) is 0 Å². The van der Waals surface area contributed by atoms with Crippen LogP contribution in [-0.4, -0.2) is 15.9 Å². The van der Waals surface area contributed by atoms with E-state index in [2.05, 4.69) is 15.3 Å². The molecule has 3 aromatic rings. The molecule has 0 unspecified atom stereocenters. The molecule has 6 heteroatoms. The highest BCUT2D eigenvalue weighted by molar-refractivity contribution is 6.35. The van der Waals surface area contributed by atoms with Crippen LogP contribution in [-0.2, 0) is 0 Å². The molecule has 5 nitrogen and oxygen atoms in total. The Kier molecular flexibility index (Phi) is 3.41. The van der Waals surface area contributed by atoms with Crippen LogP contribution >= 0.6 is 11.6 Å². The molecule has 0 saturated carbocycles. The maximum absolute atomic E-state index is 12.3. The lowest BCUT2D eigenvalue weighted by Gasteiger charge is -2.09. The number of nitrogens with one attached hydrogen (secondary N) is 1. The van der Waals surface area contributed by atoms with Crippen LogP contribution in [0, 0.1) is 0 Å². The molecule has 0 bridgehead atoms. The first-order valence-corrected chi connectivity index (χ1v) is 6.59. The third-order valence-corrected chi connectivity index (χ3v) is 3.39. The quantitative estimate of drug-likeness (QED) is 0.712. The number of anilines is 2. The summed E-state index contributed by atoms with van der Waals surface area (Å²) in [5.41, 5.74) is 6.65. The topological polar surface area (TPSA) is 80.9 Å². The largest absolute Gasteiger partial charge is 0.397 e. The number of benzene rings is 1. The second kappa shape index (κ2) is 5.38. The van der Waals surface area contributed by atoms with Crippen LogP contribution < -0.4 is 11.1 Å². The summed E-state index contributed by atoms with van der Waals surface area (Å²) < 4.78 is 0. The SMILES string of the molecule is Nc1c(Cl)ccc2c(C(=O)Nc3ccccn3)nccc12. The number of hydrogen-bond acceptors (Lipinski definition) is 4. The van der Waals surface area contributed by atoms with Crippen molar-refractivity contribution in [3.63, 3.8) is 0 Å². The van der Waals surface area contributed by atoms with Gasteiger partial charge in [-0.1, -0.05) is 23.7 Å². The van der Waals surface area contributed by atoms with Crippen molar-refractivity contribution >= 4 is 39.8 Å². The van der Waals surface area contributed by atoms with Gasteiger partial charge in [-0.25, -0.2) is 4.98 Å². The number of carbonyl (C=O) groups excluding carboxylic acids is 1. The molecular weight excluding hydrogens is 288 g/mol. The number of hydrogen-bond donors (Lipinski definition) is 2. The van der Waals surface area contributed by atoms with Crippen LogP contribution in [0.5, 0.6) is 0 Å². The van der Waals surface area contributed by atoms with Crippen LogP contribution in [0.2, 0.25) is 5.02 Å². The van der Waals surface area contributed by atoms with Gasteiger partial charge >= 0.3 is 0 Å². The monoisotopic (exact) mass is 298 g/mol. The van der Waals surface area contributed by atoms with E-state index in [9.17, 15) is 4.79 Å². The first kappa shape index (κ1) is 13.3. The van der Waals surface area contributed by atoms with E-state index in [0.29, 0.717) is 27.3 Å². The minimum atomic E-state index is -0.346. The van der Waals surface area contributed by atoms with Crippen molar-refractivity contribution in [1.29, 1.82) is 0 Å².